The fourth-order valence-corrected chi connectivity index (χ4v) is 11.7. The summed E-state index contributed by atoms with van der Waals surface area (Å²) in [4.78, 5) is 19.1. The largest absolute Gasteiger partial charge is 0.512 e. The van der Waals surface area contributed by atoms with Crippen molar-refractivity contribution in [3.8, 4) is 11.3 Å². The number of fused-ring (bicyclic) bond motifs is 2. The van der Waals surface area contributed by atoms with Crippen LogP contribution in [0.15, 0.2) is 133 Å². The molecule has 55 heavy (non-hydrogen) atoms. The van der Waals surface area contributed by atoms with Crippen LogP contribution in [0, 0.1) is 31.7 Å². The van der Waals surface area contributed by atoms with E-state index in [-0.39, 0.29) is 43.5 Å². The second-order valence-corrected chi connectivity index (χ2v) is 18.6. The maximum absolute atomic E-state index is 11.7. The third kappa shape index (κ3) is 8.33. The summed E-state index contributed by atoms with van der Waals surface area (Å²) in [6.07, 6.45) is 6.87. The van der Waals surface area contributed by atoms with Crippen LogP contribution in [0.2, 0.25) is 6.55 Å². The van der Waals surface area contributed by atoms with Crippen LogP contribution in [0.5, 0.6) is 0 Å². The number of rotatable bonds is 11. The summed E-state index contributed by atoms with van der Waals surface area (Å²) in [7, 11) is -2.34. The minimum Gasteiger partial charge on any atom is -0.512 e. The molecule has 4 nitrogen and oxygen atoms in total. The van der Waals surface area contributed by atoms with Gasteiger partial charge in [-0.25, -0.2) is 0 Å². The smallest absolute Gasteiger partial charge is 0.162 e. The van der Waals surface area contributed by atoms with Gasteiger partial charge in [-0.2, -0.15) is 0 Å². The number of anilines is 3. The molecule has 0 unspecified atom stereocenters. The molecule has 5 aromatic carbocycles. The third-order valence-electron chi connectivity index (χ3n) is 11.3. The molecule has 0 saturated heterocycles. The van der Waals surface area contributed by atoms with Crippen molar-refractivity contribution in [2.75, 3.05) is 4.90 Å². The second kappa shape index (κ2) is 18.3. The van der Waals surface area contributed by atoms with Crippen LogP contribution in [0.3, 0.4) is 0 Å². The van der Waals surface area contributed by atoms with Gasteiger partial charge in [-0.15, -0.1) is 28.8 Å². The van der Waals surface area contributed by atoms with Crippen molar-refractivity contribution in [1.82, 2.24) is 4.98 Å². The van der Waals surface area contributed by atoms with Crippen LogP contribution >= 0.6 is 0 Å². The normalized spacial score (nSPS) is 12.2. The fraction of sp³-hybridized carbons (Fsp3) is 0.265. The molecule has 1 radical (unpaired) electrons. The molecule has 7 rings (SSSR count). The summed E-state index contributed by atoms with van der Waals surface area (Å²) in [5.74, 6) is 0.547. The molecule has 6 heteroatoms. The molecule has 0 bridgehead atoms. The summed E-state index contributed by atoms with van der Waals surface area (Å²) < 4.78 is 0. The molecule has 0 aliphatic carbocycles. The zero-order valence-electron chi connectivity index (χ0n) is 33.2. The first kappa shape index (κ1) is 41.5. The van der Waals surface area contributed by atoms with E-state index in [1.165, 1.54) is 49.3 Å². The zero-order chi connectivity index (χ0) is 38.4. The molecule has 6 aromatic rings. The first-order valence-electron chi connectivity index (χ1n) is 19.5. The van der Waals surface area contributed by atoms with E-state index < -0.39 is 8.07 Å². The Labute approximate surface area is 342 Å². The van der Waals surface area contributed by atoms with Crippen LogP contribution in [-0.4, -0.2) is 23.9 Å². The van der Waals surface area contributed by atoms with Crippen LogP contribution < -0.4 is 20.5 Å². The predicted molar refractivity (Wildman–Crippen MR) is 231 cm³/mol. The number of hydrogen-bond donors (Lipinski definition) is 1. The number of aryl methyl sites for hydroxylation is 2. The monoisotopic (exact) mass is 922 g/mol. The number of aliphatic hydroxyl groups excluding tert-OH is 1. The van der Waals surface area contributed by atoms with Crippen molar-refractivity contribution in [2.45, 2.75) is 73.8 Å². The Morgan fingerprint density at radius 2 is 1.31 bits per heavy atom. The van der Waals surface area contributed by atoms with Crippen LogP contribution in [0.4, 0.5) is 17.1 Å². The SMILES string of the molecule is CCC(CC)C(=O)/C=C(\O)C(CC)CC.Cc1[c-]c2c(c(C)c1)N(c1ccccc1)c1cc([Si](C)(c3ccccc3)c3ccccc3)cc3ccnc-2c13.[Ir]. The first-order valence-corrected chi connectivity index (χ1v) is 22.0. The number of carbonyl (C=O) groups excluding carboxylic acids is 1. The summed E-state index contributed by atoms with van der Waals surface area (Å²) >= 11 is 0. The van der Waals surface area contributed by atoms with Gasteiger partial charge in [-0.05, 0) is 87.7 Å². The summed E-state index contributed by atoms with van der Waals surface area (Å²) in [5, 5.41) is 16.4. The molecule has 2 heterocycles. The number of hydrogen-bond acceptors (Lipinski definition) is 4. The molecule has 0 amide bonds. The number of nitrogens with zero attached hydrogens (tertiary/aromatic N) is 2. The van der Waals surface area contributed by atoms with E-state index in [0.717, 1.165) is 48.2 Å². The van der Waals surface area contributed by atoms with Crippen molar-refractivity contribution in [3.63, 3.8) is 0 Å². The number of carbonyl (C=O) groups is 1. The number of para-hydroxylation sites is 1. The molecule has 1 N–H and O–H groups in total. The fourth-order valence-electron chi connectivity index (χ4n) is 8.08. The van der Waals surface area contributed by atoms with Crippen molar-refractivity contribution in [2.24, 2.45) is 11.8 Å². The van der Waals surface area contributed by atoms with Crippen molar-refractivity contribution >= 4 is 57.3 Å². The Morgan fingerprint density at radius 3 is 1.85 bits per heavy atom. The Bertz CT molecular complexity index is 2210. The number of aromatic nitrogens is 1. The molecule has 0 fully saturated rings. The maximum atomic E-state index is 11.7. The van der Waals surface area contributed by atoms with Crippen LogP contribution in [0.25, 0.3) is 22.0 Å². The molecule has 285 valence electrons. The van der Waals surface area contributed by atoms with Crippen molar-refractivity contribution < 1.29 is 30.0 Å². The van der Waals surface area contributed by atoms with E-state index in [0.29, 0.717) is 0 Å². The minimum atomic E-state index is -2.34. The molecule has 0 saturated carbocycles. The van der Waals surface area contributed by atoms with Crippen LogP contribution in [0.1, 0.15) is 64.5 Å². The molecular formula is C49H53IrN2O2Si-. The molecule has 1 aliphatic heterocycles. The Kier molecular flexibility index (Phi) is 13.9. The minimum absolute atomic E-state index is 0. The zero-order valence-corrected chi connectivity index (χ0v) is 36.6. The number of pyridine rings is 1. The van der Waals surface area contributed by atoms with Gasteiger partial charge in [0.2, 0.25) is 0 Å². The molecule has 1 aromatic heterocycles. The van der Waals surface area contributed by atoms with E-state index in [9.17, 15) is 9.90 Å². The molecular weight excluding hydrogens is 869 g/mol. The van der Waals surface area contributed by atoms with Gasteiger partial charge < -0.3 is 15.0 Å². The van der Waals surface area contributed by atoms with Gasteiger partial charge in [-0.1, -0.05) is 133 Å². The van der Waals surface area contributed by atoms with Crippen LogP contribution in [-0.2, 0) is 24.9 Å². The Balaban J connectivity index is 0.000000311. The summed E-state index contributed by atoms with van der Waals surface area (Å²) in [6.45, 7) is 14.9. The van der Waals surface area contributed by atoms with E-state index in [1.54, 1.807) is 0 Å². The Hall–Kier alpha value is -4.61. The maximum Gasteiger partial charge on any atom is 0.162 e. The van der Waals surface area contributed by atoms with Gasteiger partial charge in [0.15, 0.2) is 5.78 Å². The van der Waals surface area contributed by atoms with E-state index in [4.69, 9.17) is 4.98 Å². The quantitative estimate of drug-likeness (QED) is 0.0462. The molecule has 0 spiro atoms. The molecule has 0 atom stereocenters. The van der Waals surface area contributed by atoms with E-state index in [1.807, 2.05) is 33.9 Å². The number of benzene rings is 5. The third-order valence-corrected chi connectivity index (χ3v) is 15.7. The summed E-state index contributed by atoms with van der Waals surface area (Å²) in [5.41, 5.74) is 7.96. The second-order valence-electron chi connectivity index (χ2n) is 14.6. The Morgan fingerprint density at radius 1 is 0.764 bits per heavy atom. The van der Waals surface area contributed by atoms with E-state index in [2.05, 4.69) is 147 Å². The van der Waals surface area contributed by atoms with Gasteiger partial charge in [0, 0.05) is 55.6 Å². The topological polar surface area (TPSA) is 53.4 Å². The van der Waals surface area contributed by atoms with Gasteiger partial charge in [0.05, 0.1) is 5.76 Å². The first-order chi connectivity index (χ1) is 26.2. The predicted octanol–water partition coefficient (Wildman–Crippen LogP) is 11.1. The van der Waals surface area contributed by atoms with Gasteiger partial charge in [-0.3, -0.25) is 4.79 Å². The van der Waals surface area contributed by atoms with E-state index >= 15 is 0 Å². The summed E-state index contributed by atoms with van der Waals surface area (Å²) in [6, 6.07) is 45.8. The van der Waals surface area contributed by atoms with Crippen molar-refractivity contribution in [1.29, 1.82) is 0 Å². The standard InChI is InChI=1S/C36H29N2Si.C13H24O2.Ir/c1-25-21-26(2)36-32(22-25)35-34-27(19-20-37-35)23-31(24-33(34)38(36)28-13-7-4-8-14-28)39(3,29-15-9-5-10-16-29)30-17-11-6-12-18-30;1-5-10(6-2)12(14)9-13(15)11(7-3)8-4;/h4-21,23-24H,1-3H3;9-11,14H,5-8H2,1-4H3;/q-1;;/b;12-9-;. The number of aliphatic hydroxyl groups is 1. The van der Waals surface area contributed by atoms with Gasteiger partial charge in [0.25, 0.3) is 0 Å². The average Bonchev–Trinajstić information content (AvgIpc) is 3.20. The number of ketones is 1. The van der Waals surface area contributed by atoms with Gasteiger partial charge >= 0.3 is 0 Å². The van der Waals surface area contributed by atoms with Gasteiger partial charge in [0.1, 0.15) is 8.07 Å². The average molecular weight is 922 g/mol. The molecule has 1 aliphatic rings. The number of allylic oxidation sites excluding steroid dienone is 2. The van der Waals surface area contributed by atoms with Crippen molar-refractivity contribution in [3.05, 3.63) is 150 Å².